The molecule has 0 unspecified atom stereocenters. The van der Waals surface area contributed by atoms with Crippen LogP contribution in [0, 0.1) is 11.3 Å². The van der Waals surface area contributed by atoms with Gasteiger partial charge in [-0.25, -0.2) is 19.6 Å². The Hall–Kier alpha value is -5.45. The van der Waals surface area contributed by atoms with Gasteiger partial charge in [0, 0.05) is 6.20 Å². The number of rotatable bonds is 13. The van der Waals surface area contributed by atoms with Crippen LogP contribution >= 0.6 is 11.6 Å². The zero-order valence-corrected chi connectivity index (χ0v) is 30.1. The monoisotopic (exact) mass is 717 g/mol. The third-order valence-electron chi connectivity index (χ3n) is 8.34. The van der Waals surface area contributed by atoms with E-state index in [0.29, 0.717) is 33.1 Å². The Kier molecular flexibility index (Phi) is 10.8. The van der Waals surface area contributed by atoms with Gasteiger partial charge in [0.15, 0.2) is 5.65 Å². The first-order valence-electron chi connectivity index (χ1n) is 16.3. The average Bonchev–Trinajstić information content (AvgIpc) is 3.57. The molecule has 0 aliphatic heterocycles. The number of halogens is 1. The lowest BCUT2D eigenvalue weighted by atomic mass is 10.2. The number of benzene rings is 3. The largest absolute Gasteiger partial charge is 0.461 e. The molecule has 0 saturated heterocycles. The fraction of sp³-hybridized carbons (Fsp3) is 0.211. The SMILES string of the molecule is CC(C)(C)[Si](OCCOC[C@H](Oc1ncnc2c1cnn2-c1c(Cl)cccc1C#N)C(=O)Nc1ccccn1)(c1ccccc1)c1ccccc1. The smallest absolute Gasteiger partial charge is 0.269 e. The number of hydrogen-bond donors (Lipinski definition) is 1. The van der Waals surface area contributed by atoms with E-state index in [-0.39, 0.29) is 30.7 Å². The Labute approximate surface area is 302 Å². The summed E-state index contributed by atoms with van der Waals surface area (Å²) in [6.07, 6.45) is 3.24. The fourth-order valence-corrected chi connectivity index (χ4v) is 10.8. The highest BCUT2D eigenvalue weighted by Gasteiger charge is 2.50. The lowest BCUT2D eigenvalue weighted by Crippen LogP contribution is -2.66. The molecule has 258 valence electrons. The number of para-hydroxylation sites is 1. The molecule has 51 heavy (non-hydrogen) atoms. The third kappa shape index (κ3) is 7.52. The number of fused-ring (bicyclic) bond motifs is 1. The summed E-state index contributed by atoms with van der Waals surface area (Å²) in [6.45, 7) is 6.99. The molecule has 13 heteroatoms. The van der Waals surface area contributed by atoms with Crippen LogP contribution in [0.4, 0.5) is 5.82 Å². The van der Waals surface area contributed by atoms with Crippen LogP contribution in [0.2, 0.25) is 10.1 Å². The zero-order valence-electron chi connectivity index (χ0n) is 28.4. The first-order valence-corrected chi connectivity index (χ1v) is 18.6. The first kappa shape index (κ1) is 35.4. The van der Waals surface area contributed by atoms with Crippen molar-refractivity contribution in [1.29, 1.82) is 5.26 Å². The second-order valence-electron chi connectivity index (χ2n) is 12.6. The molecule has 0 radical (unpaired) electrons. The van der Waals surface area contributed by atoms with Gasteiger partial charge in [0.1, 0.15) is 29.3 Å². The van der Waals surface area contributed by atoms with Crippen LogP contribution in [0.5, 0.6) is 5.88 Å². The molecular weight excluding hydrogens is 682 g/mol. The molecule has 3 aromatic carbocycles. The van der Waals surface area contributed by atoms with Crippen LogP contribution in [0.25, 0.3) is 16.7 Å². The number of pyridine rings is 1. The minimum atomic E-state index is -2.78. The van der Waals surface area contributed by atoms with Gasteiger partial charge in [0.2, 0.25) is 12.0 Å². The number of anilines is 1. The maximum atomic E-state index is 13.6. The van der Waals surface area contributed by atoms with Crippen molar-refractivity contribution in [3.05, 3.63) is 126 Å². The van der Waals surface area contributed by atoms with Crippen molar-refractivity contribution in [3.63, 3.8) is 0 Å². The van der Waals surface area contributed by atoms with Crippen molar-refractivity contribution in [2.24, 2.45) is 0 Å². The minimum Gasteiger partial charge on any atom is -0.461 e. The van der Waals surface area contributed by atoms with Crippen molar-refractivity contribution in [3.8, 4) is 17.6 Å². The number of nitrogens with zero attached hydrogens (tertiary/aromatic N) is 6. The van der Waals surface area contributed by atoms with E-state index < -0.39 is 20.3 Å². The van der Waals surface area contributed by atoms with Crippen LogP contribution in [0.1, 0.15) is 26.3 Å². The normalized spacial score (nSPS) is 12.3. The zero-order chi connectivity index (χ0) is 35.8. The molecule has 0 bridgehead atoms. The summed E-state index contributed by atoms with van der Waals surface area (Å²) in [6, 6.07) is 33.0. The standard InChI is InChI=1S/C38H36ClN7O4Si/c1-38(2,3)51(28-14-6-4-7-15-28,29-16-8-5-9-17-29)49-22-21-48-25-32(36(47)45-33-19-10-11-20-41-33)50-37-30-24-44-46(35(30)42-26-43-37)34-27(23-40)13-12-18-31(34)39/h4-20,24,26,32H,21-22,25H2,1-3H3,(H,41,45,47)/t32-/m0/s1. The topological polar surface area (TPSA) is 137 Å². The van der Waals surface area contributed by atoms with Crippen LogP contribution in [-0.2, 0) is 14.0 Å². The predicted octanol–water partition coefficient (Wildman–Crippen LogP) is 5.71. The minimum absolute atomic E-state index is 0.102. The summed E-state index contributed by atoms with van der Waals surface area (Å²) in [7, 11) is -2.78. The molecule has 1 atom stereocenters. The summed E-state index contributed by atoms with van der Waals surface area (Å²) in [5.41, 5.74) is 1.03. The van der Waals surface area contributed by atoms with Crippen molar-refractivity contribution >= 4 is 53.1 Å². The van der Waals surface area contributed by atoms with Gasteiger partial charge in [-0.05, 0) is 39.7 Å². The maximum Gasteiger partial charge on any atom is 0.269 e. The number of aromatic nitrogens is 5. The second kappa shape index (κ2) is 15.6. The lowest BCUT2D eigenvalue weighted by Gasteiger charge is -2.43. The summed E-state index contributed by atoms with van der Waals surface area (Å²) < 4.78 is 20.8. The molecule has 0 aliphatic rings. The van der Waals surface area contributed by atoms with E-state index in [2.05, 4.69) is 76.5 Å². The Morgan fingerprint density at radius 2 is 1.63 bits per heavy atom. The van der Waals surface area contributed by atoms with Gasteiger partial charge >= 0.3 is 0 Å². The van der Waals surface area contributed by atoms with E-state index in [0.717, 1.165) is 10.4 Å². The van der Waals surface area contributed by atoms with Gasteiger partial charge < -0.3 is 19.2 Å². The summed E-state index contributed by atoms with van der Waals surface area (Å²) in [5.74, 6) is -0.0294. The van der Waals surface area contributed by atoms with E-state index in [1.165, 1.54) is 17.2 Å². The molecule has 0 aliphatic carbocycles. The highest BCUT2D eigenvalue weighted by Crippen LogP contribution is 2.36. The molecule has 0 fully saturated rings. The van der Waals surface area contributed by atoms with Crippen molar-refractivity contribution in [2.45, 2.75) is 31.9 Å². The van der Waals surface area contributed by atoms with Gasteiger partial charge in [-0.3, -0.25) is 4.79 Å². The number of ether oxygens (including phenoxy) is 2. The quantitative estimate of drug-likeness (QED) is 0.118. The Morgan fingerprint density at radius 3 is 2.27 bits per heavy atom. The van der Waals surface area contributed by atoms with Crippen molar-refractivity contribution in [1.82, 2.24) is 24.7 Å². The van der Waals surface area contributed by atoms with Gasteiger partial charge in [-0.1, -0.05) is 105 Å². The molecule has 1 N–H and O–H groups in total. The van der Waals surface area contributed by atoms with Gasteiger partial charge in [0.25, 0.3) is 14.2 Å². The molecule has 3 heterocycles. The maximum absolute atomic E-state index is 13.6. The molecule has 0 saturated carbocycles. The molecule has 1 amide bonds. The number of nitriles is 1. The highest BCUT2D eigenvalue weighted by molar-refractivity contribution is 6.99. The van der Waals surface area contributed by atoms with E-state index in [1.54, 1.807) is 42.6 Å². The molecule has 6 rings (SSSR count). The van der Waals surface area contributed by atoms with Crippen LogP contribution in [-0.4, -0.2) is 64.9 Å². The molecular formula is C38H36ClN7O4Si. The third-order valence-corrected chi connectivity index (χ3v) is 13.7. The van der Waals surface area contributed by atoms with Crippen LogP contribution in [0.15, 0.2) is 116 Å². The van der Waals surface area contributed by atoms with E-state index >= 15 is 0 Å². The number of carbonyl (C=O) groups is 1. The Balaban J connectivity index is 1.24. The summed E-state index contributed by atoms with van der Waals surface area (Å²) in [5, 5.41) is 19.8. The molecule has 6 aromatic rings. The molecule has 0 spiro atoms. The van der Waals surface area contributed by atoms with Crippen LogP contribution < -0.4 is 20.4 Å². The summed E-state index contributed by atoms with van der Waals surface area (Å²) >= 11 is 6.48. The highest BCUT2D eigenvalue weighted by atomic mass is 35.5. The number of amides is 1. The molecule has 11 nitrogen and oxygen atoms in total. The van der Waals surface area contributed by atoms with E-state index in [9.17, 15) is 10.1 Å². The predicted molar refractivity (Wildman–Crippen MR) is 198 cm³/mol. The fourth-order valence-electron chi connectivity index (χ4n) is 6.05. The van der Waals surface area contributed by atoms with Gasteiger partial charge in [-0.2, -0.15) is 10.4 Å². The van der Waals surface area contributed by atoms with E-state index in [4.69, 9.17) is 25.5 Å². The number of nitrogens with one attached hydrogen (secondary N) is 1. The Bertz CT molecular complexity index is 2100. The lowest BCUT2D eigenvalue weighted by molar-refractivity contribution is -0.125. The molecule has 3 aromatic heterocycles. The number of hydrogen-bond acceptors (Lipinski definition) is 9. The average molecular weight is 718 g/mol. The van der Waals surface area contributed by atoms with E-state index in [1.807, 2.05) is 36.4 Å². The number of carbonyl (C=O) groups excluding carboxylic acids is 1. The van der Waals surface area contributed by atoms with Crippen molar-refractivity contribution in [2.75, 3.05) is 25.1 Å². The van der Waals surface area contributed by atoms with Gasteiger partial charge in [-0.15, -0.1) is 0 Å². The van der Waals surface area contributed by atoms with Gasteiger partial charge in [0.05, 0.1) is 36.6 Å². The summed E-state index contributed by atoms with van der Waals surface area (Å²) in [4.78, 5) is 26.6. The second-order valence-corrected chi connectivity index (χ2v) is 17.3. The first-order chi connectivity index (χ1) is 24.7. The van der Waals surface area contributed by atoms with Crippen LogP contribution in [0.3, 0.4) is 0 Å². The Morgan fingerprint density at radius 1 is 0.922 bits per heavy atom. The van der Waals surface area contributed by atoms with Crippen molar-refractivity contribution < 1.29 is 18.7 Å².